The van der Waals surface area contributed by atoms with Crippen LogP contribution in [0.25, 0.3) is 0 Å². The number of hydrogen-bond donors (Lipinski definition) is 1. The molecule has 0 aromatic rings. The van der Waals surface area contributed by atoms with Crippen molar-refractivity contribution in [3.8, 4) is 0 Å². The Balaban J connectivity index is 1.99. The fourth-order valence-electron chi connectivity index (χ4n) is 2.69. The fraction of sp³-hybridized carbons (Fsp3) is 0.875. The monoisotopic (exact) mass is 267 g/mol. The van der Waals surface area contributed by atoms with Crippen molar-refractivity contribution in [2.75, 3.05) is 6.54 Å². The van der Waals surface area contributed by atoms with Crippen LogP contribution in [0.2, 0.25) is 0 Å². The van der Waals surface area contributed by atoms with Crippen molar-refractivity contribution < 1.29 is 9.59 Å². The summed E-state index contributed by atoms with van der Waals surface area (Å²) in [7, 11) is 0. The number of amides is 1. The Hall–Kier alpha value is -0.860. The molecule has 3 nitrogen and oxygen atoms in total. The van der Waals surface area contributed by atoms with E-state index in [0.717, 1.165) is 32.2 Å². The Morgan fingerprint density at radius 1 is 1.11 bits per heavy atom. The summed E-state index contributed by atoms with van der Waals surface area (Å²) in [6.45, 7) is 2.97. The quantitative estimate of drug-likeness (QED) is 0.485. The molecule has 1 fully saturated rings. The highest BCUT2D eigenvalue weighted by Gasteiger charge is 2.27. The largest absolute Gasteiger partial charge is 0.355 e. The Bertz CT molecular complexity index is 276. The lowest BCUT2D eigenvalue weighted by Gasteiger charge is -2.20. The third-order valence-corrected chi connectivity index (χ3v) is 3.95. The van der Waals surface area contributed by atoms with Gasteiger partial charge in [0, 0.05) is 13.0 Å². The third-order valence-electron chi connectivity index (χ3n) is 3.95. The highest BCUT2D eigenvalue weighted by atomic mass is 16.2. The predicted octanol–water partition coefficient (Wildman–Crippen LogP) is 3.61. The molecule has 0 aromatic carbocycles. The molecule has 19 heavy (non-hydrogen) atoms. The minimum atomic E-state index is -0.349. The van der Waals surface area contributed by atoms with Crippen LogP contribution < -0.4 is 5.32 Å². The highest BCUT2D eigenvalue weighted by molar-refractivity contribution is 6.01. The molecule has 0 bridgehead atoms. The van der Waals surface area contributed by atoms with Crippen molar-refractivity contribution in [2.45, 2.75) is 77.6 Å². The summed E-state index contributed by atoms with van der Waals surface area (Å²) in [5.41, 5.74) is 0. The van der Waals surface area contributed by atoms with Gasteiger partial charge in [-0.05, 0) is 19.3 Å². The molecule has 0 aliphatic carbocycles. The minimum absolute atomic E-state index is 0.0455. The van der Waals surface area contributed by atoms with Gasteiger partial charge in [-0.1, -0.05) is 51.9 Å². The Morgan fingerprint density at radius 2 is 1.74 bits per heavy atom. The smallest absolute Gasteiger partial charge is 0.230 e. The molecule has 1 atom stereocenters. The topological polar surface area (TPSA) is 46.2 Å². The van der Waals surface area contributed by atoms with Gasteiger partial charge in [-0.15, -0.1) is 0 Å². The molecule has 0 aromatic heterocycles. The van der Waals surface area contributed by atoms with Crippen LogP contribution >= 0.6 is 0 Å². The van der Waals surface area contributed by atoms with Crippen molar-refractivity contribution in [1.29, 1.82) is 0 Å². The molecule has 1 aliphatic rings. The first-order valence-corrected chi connectivity index (χ1v) is 8.06. The van der Waals surface area contributed by atoms with Gasteiger partial charge in [0.15, 0.2) is 0 Å². The summed E-state index contributed by atoms with van der Waals surface area (Å²) < 4.78 is 0. The first-order chi connectivity index (χ1) is 9.25. The molecule has 3 heteroatoms. The molecule has 1 aliphatic heterocycles. The Morgan fingerprint density at radius 3 is 2.37 bits per heavy atom. The lowest BCUT2D eigenvalue weighted by atomic mass is 9.91. The maximum absolute atomic E-state index is 11.9. The third kappa shape index (κ3) is 6.74. The number of carbonyl (C=O) groups excluding carboxylic acids is 2. The molecule has 0 saturated carbocycles. The van der Waals surface area contributed by atoms with Gasteiger partial charge in [0.1, 0.15) is 5.78 Å². The van der Waals surface area contributed by atoms with Gasteiger partial charge in [0.05, 0.1) is 5.92 Å². The van der Waals surface area contributed by atoms with E-state index in [2.05, 4.69) is 12.2 Å². The first kappa shape index (κ1) is 16.2. The van der Waals surface area contributed by atoms with Crippen LogP contribution in [0.4, 0.5) is 0 Å². The normalized spacial score (nSPS) is 19.2. The number of ketones is 1. The second kappa shape index (κ2) is 9.99. The number of unbranched alkanes of at least 4 members (excludes halogenated alkanes) is 7. The maximum Gasteiger partial charge on any atom is 0.230 e. The number of rotatable bonds is 10. The first-order valence-electron chi connectivity index (χ1n) is 8.06. The van der Waals surface area contributed by atoms with Gasteiger partial charge in [0.25, 0.3) is 0 Å². The van der Waals surface area contributed by atoms with E-state index >= 15 is 0 Å². The van der Waals surface area contributed by atoms with Crippen LogP contribution in [0, 0.1) is 5.92 Å². The standard InChI is InChI=1S/C16H29NO2/c1-2-3-4-5-6-7-8-9-12-15(18)14-11-10-13-17-16(14)19/h14H,2-13H2,1H3,(H,17,19). The van der Waals surface area contributed by atoms with Gasteiger partial charge in [-0.3, -0.25) is 9.59 Å². The number of piperidine rings is 1. The molecular weight excluding hydrogens is 238 g/mol. The lowest BCUT2D eigenvalue weighted by Crippen LogP contribution is -2.40. The summed E-state index contributed by atoms with van der Waals surface area (Å²) in [5.74, 6) is -0.239. The van der Waals surface area contributed by atoms with Crippen molar-refractivity contribution in [3.63, 3.8) is 0 Å². The van der Waals surface area contributed by atoms with Crippen LogP contribution in [0.1, 0.15) is 77.6 Å². The number of Topliss-reactive ketones (excluding diaryl/α,β-unsaturated/α-hetero) is 1. The molecule has 1 N–H and O–H groups in total. The van der Waals surface area contributed by atoms with Crippen LogP contribution in [-0.2, 0) is 9.59 Å². The zero-order valence-electron chi connectivity index (χ0n) is 12.4. The van der Waals surface area contributed by atoms with E-state index in [0.29, 0.717) is 6.42 Å². The second-order valence-electron chi connectivity index (χ2n) is 5.68. The van der Waals surface area contributed by atoms with E-state index in [9.17, 15) is 9.59 Å². The number of nitrogens with one attached hydrogen (secondary N) is 1. The van der Waals surface area contributed by atoms with Crippen molar-refractivity contribution in [2.24, 2.45) is 5.92 Å². The molecule has 1 heterocycles. The molecule has 1 amide bonds. The average Bonchev–Trinajstić information content (AvgIpc) is 2.42. The van der Waals surface area contributed by atoms with Crippen molar-refractivity contribution >= 4 is 11.7 Å². The van der Waals surface area contributed by atoms with Gasteiger partial charge < -0.3 is 5.32 Å². The van der Waals surface area contributed by atoms with E-state index in [1.807, 2.05) is 0 Å². The van der Waals surface area contributed by atoms with E-state index in [1.165, 1.54) is 38.5 Å². The van der Waals surface area contributed by atoms with E-state index in [1.54, 1.807) is 0 Å². The van der Waals surface area contributed by atoms with E-state index in [-0.39, 0.29) is 17.6 Å². The Labute approximate surface area is 117 Å². The summed E-state index contributed by atoms with van der Waals surface area (Å²) >= 11 is 0. The van der Waals surface area contributed by atoms with Gasteiger partial charge >= 0.3 is 0 Å². The summed E-state index contributed by atoms with van der Waals surface area (Å²) in [5, 5.41) is 2.78. The van der Waals surface area contributed by atoms with Crippen molar-refractivity contribution in [1.82, 2.24) is 5.32 Å². The molecule has 0 spiro atoms. The van der Waals surface area contributed by atoms with Crippen LogP contribution in [0.3, 0.4) is 0 Å². The number of hydrogen-bond acceptors (Lipinski definition) is 2. The van der Waals surface area contributed by atoms with Gasteiger partial charge in [-0.25, -0.2) is 0 Å². The van der Waals surface area contributed by atoms with Crippen LogP contribution in [-0.4, -0.2) is 18.2 Å². The maximum atomic E-state index is 11.9. The summed E-state index contributed by atoms with van der Waals surface area (Å²) in [4.78, 5) is 23.5. The summed E-state index contributed by atoms with van der Waals surface area (Å²) in [6.07, 6.45) is 12.2. The van der Waals surface area contributed by atoms with Gasteiger partial charge in [0.2, 0.25) is 5.91 Å². The zero-order valence-corrected chi connectivity index (χ0v) is 12.4. The molecule has 1 unspecified atom stereocenters. The molecule has 0 radical (unpaired) electrons. The minimum Gasteiger partial charge on any atom is -0.355 e. The molecule has 1 rings (SSSR count). The molecule has 110 valence electrons. The average molecular weight is 267 g/mol. The SMILES string of the molecule is CCCCCCCCCCC(=O)C1CCCNC1=O. The Kier molecular flexibility index (Phi) is 8.52. The molecular formula is C16H29NO2. The zero-order chi connectivity index (χ0) is 13.9. The number of carbonyl (C=O) groups is 2. The van der Waals surface area contributed by atoms with Crippen molar-refractivity contribution in [3.05, 3.63) is 0 Å². The lowest BCUT2D eigenvalue weighted by molar-refractivity contribution is -0.135. The van der Waals surface area contributed by atoms with Crippen LogP contribution in [0.15, 0.2) is 0 Å². The molecule has 1 saturated heterocycles. The van der Waals surface area contributed by atoms with E-state index in [4.69, 9.17) is 0 Å². The van der Waals surface area contributed by atoms with E-state index < -0.39 is 0 Å². The predicted molar refractivity (Wildman–Crippen MR) is 78.0 cm³/mol. The van der Waals surface area contributed by atoms with Crippen LogP contribution in [0.5, 0.6) is 0 Å². The van der Waals surface area contributed by atoms with Gasteiger partial charge in [-0.2, -0.15) is 0 Å². The second-order valence-corrected chi connectivity index (χ2v) is 5.68. The summed E-state index contributed by atoms with van der Waals surface area (Å²) in [6, 6.07) is 0. The highest BCUT2D eigenvalue weighted by Crippen LogP contribution is 2.17. The fourth-order valence-corrected chi connectivity index (χ4v) is 2.69.